The highest BCUT2D eigenvalue weighted by Gasteiger charge is 2.27. The minimum atomic E-state index is -0.209. The Hall–Kier alpha value is -1.98. The van der Waals surface area contributed by atoms with E-state index in [9.17, 15) is 9.59 Å². The minimum Gasteiger partial charge on any atom is -0.469 e. The van der Waals surface area contributed by atoms with Crippen molar-refractivity contribution in [1.29, 1.82) is 0 Å². The van der Waals surface area contributed by atoms with E-state index in [-0.39, 0.29) is 23.8 Å². The van der Waals surface area contributed by atoms with Crippen molar-refractivity contribution in [1.82, 2.24) is 15.3 Å². The van der Waals surface area contributed by atoms with Gasteiger partial charge in [0.2, 0.25) is 0 Å². The van der Waals surface area contributed by atoms with Crippen molar-refractivity contribution < 1.29 is 14.3 Å². The van der Waals surface area contributed by atoms with Crippen LogP contribution in [0, 0.1) is 12.8 Å². The first kappa shape index (κ1) is 14.4. The van der Waals surface area contributed by atoms with Crippen molar-refractivity contribution in [3.63, 3.8) is 0 Å². The summed E-state index contributed by atoms with van der Waals surface area (Å²) in [7, 11) is 1.41. The van der Waals surface area contributed by atoms with E-state index in [1.165, 1.54) is 13.3 Å². The SMILES string of the molecule is COC(=O)C1CCC(NC(=O)c2cnc(C)cn2)CC1. The molecule has 2 rings (SSSR count). The van der Waals surface area contributed by atoms with Crippen LogP contribution >= 0.6 is 0 Å². The van der Waals surface area contributed by atoms with Gasteiger partial charge in [0.15, 0.2) is 0 Å². The molecule has 0 aliphatic heterocycles. The Morgan fingerprint density at radius 2 is 1.90 bits per heavy atom. The number of carbonyl (C=O) groups excluding carboxylic acids is 2. The molecule has 0 spiro atoms. The van der Waals surface area contributed by atoms with Crippen LogP contribution in [0.1, 0.15) is 41.9 Å². The van der Waals surface area contributed by atoms with E-state index in [1.807, 2.05) is 6.92 Å². The van der Waals surface area contributed by atoms with E-state index in [0.29, 0.717) is 5.69 Å². The van der Waals surface area contributed by atoms with Gasteiger partial charge in [0, 0.05) is 12.2 Å². The largest absolute Gasteiger partial charge is 0.469 e. The Kier molecular flexibility index (Phi) is 4.65. The van der Waals surface area contributed by atoms with Gasteiger partial charge in [0.1, 0.15) is 5.69 Å². The molecule has 1 aliphatic carbocycles. The molecule has 0 aromatic carbocycles. The highest BCUT2D eigenvalue weighted by Crippen LogP contribution is 2.25. The molecule has 0 atom stereocenters. The molecule has 20 heavy (non-hydrogen) atoms. The summed E-state index contributed by atoms with van der Waals surface area (Å²) in [5.74, 6) is -0.398. The van der Waals surface area contributed by atoms with Crippen molar-refractivity contribution in [3.8, 4) is 0 Å². The van der Waals surface area contributed by atoms with Crippen molar-refractivity contribution >= 4 is 11.9 Å². The lowest BCUT2D eigenvalue weighted by molar-refractivity contribution is -0.146. The van der Waals surface area contributed by atoms with Crippen LogP contribution in [0.3, 0.4) is 0 Å². The van der Waals surface area contributed by atoms with Crippen molar-refractivity contribution in [2.45, 2.75) is 38.6 Å². The molecule has 0 radical (unpaired) electrons. The molecular formula is C14H19N3O3. The van der Waals surface area contributed by atoms with Gasteiger partial charge in [0.05, 0.1) is 24.9 Å². The topological polar surface area (TPSA) is 81.2 Å². The van der Waals surface area contributed by atoms with Gasteiger partial charge in [-0.05, 0) is 32.6 Å². The van der Waals surface area contributed by atoms with E-state index in [0.717, 1.165) is 31.4 Å². The molecule has 1 aromatic rings. The third kappa shape index (κ3) is 3.53. The maximum absolute atomic E-state index is 12.0. The van der Waals surface area contributed by atoms with Crippen LogP contribution in [-0.2, 0) is 9.53 Å². The predicted molar refractivity (Wildman–Crippen MR) is 72.0 cm³/mol. The van der Waals surface area contributed by atoms with Crippen LogP contribution in [0.25, 0.3) is 0 Å². The molecule has 0 bridgehead atoms. The van der Waals surface area contributed by atoms with Crippen molar-refractivity contribution in [3.05, 3.63) is 23.8 Å². The van der Waals surface area contributed by atoms with Gasteiger partial charge in [-0.3, -0.25) is 14.6 Å². The number of hydrogen-bond acceptors (Lipinski definition) is 5. The average molecular weight is 277 g/mol. The zero-order chi connectivity index (χ0) is 14.5. The first-order chi connectivity index (χ1) is 9.60. The first-order valence-corrected chi connectivity index (χ1v) is 6.77. The van der Waals surface area contributed by atoms with E-state index in [2.05, 4.69) is 15.3 Å². The van der Waals surface area contributed by atoms with Gasteiger partial charge in [-0.1, -0.05) is 0 Å². The third-order valence-electron chi connectivity index (χ3n) is 3.61. The molecule has 1 aromatic heterocycles. The van der Waals surface area contributed by atoms with Crippen molar-refractivity contribution in [2.24, 2.45) is 5.92 Å². The quantitative estimate of drug-likeness (QED) is 0.841. The van der Waals surface area contributed by atoms with Gasteiger partial charge in [-0.15, -0.1) is 0 Å². The number of nitrogens with one attached hydrogen (secondary N) is 1. The first-order valence-electron chi connectivity index (χ1n) is 6.77. The smallest absolute Gasteiger partial charge is 0.308 e. The summed E-state index contributed by atoms with van der Waals surface area (Å²) in [6.07, 6.45) is 6.11. The lowest BCUT2D eigenvalue weighted by Gasteiger charge is -2.27. The summed E-state index contributed by atoms with van der Waals surface area (Å²) in [5, 5.41) is 2.94. The molecule has 1 fully saturated rings. The van der Waals surface area contributed by atoms with Crippen LogP contribution < -0.4 is 5.32 Å². The fourth-order valence-electron chi connectivity index (χ4n) is 2.41. The fourth-order valence-corrected chi connectivity index (χ4v) is 2.41. The Balaban J connectivity index is 1.85. The van der Waals surface area contributed by atoms with E-state index in [1.54, 1.807) is 6.20 Å². The normalized spacial score (nSPS) is 22.1. The molecule has 0 unspecified atom stereocenters. The molecule has 1 N–H and O–H groups in total. The highest BCUT2D eigenvalue weighted by molar-refractivity contribution is 5.92. The van der Waals surface area contributed by atoms with E-state index < -0.39 is 0 Å². The van der Waals surface area contributed by atoms with Gasteiger partial charge in [-0.25, -0.2) is 4.98 Å². The minimum absolute atomic E-state index is 0.0349. The number of amides is 1. The Bertz CT molecular complexity index is 479. The van der Waals surface area contributed by atoms with Gasteiger partial charge in [-0.2, -0.15) is 0 Å². The highest BCUT2D eigenvalue weighted by atomic mass is 16.5. The lowest BCUT2D eigenvalue weighted by Crippen LogP contribution is -2.39. The number of ether oxygens (including phenoxy) is 1. The summed E-state index contributed by atoms with van der Waals surface area (Å²) in [4.78, 5) is 31.5. The number of aryl methyl sites for hydroxylation is 1. The molecule has 1 saturated carbocycles. The summed E-state index contributed by atoms with van der Waals surface area (Å²) < 4.78 is 4.74. The fraction of sp³-hybridized carbons (Fsp3) is 0.571. The standard InChI is InChI=1S/C14H19N3O3/c1-9-7-16-12(8-15-9)13(18)17-11-5-3-10(4-6-11)14(19)20-2/h7-8,10-11H,3-6H2,1-2H3,(H,17,18). The second-order valence-corrected chi connectivity index (χ2v) is 5.09. The zero-order valence-electron chi connectivity index (χ0n) is 11.8. The van der Waals surface area contributed by atoms with Crippen LogP contribution in [0.4, 0.5) is 0 Å². The van der Waals surface area contributed by atoms with Crippen LogP contribution in [0.2, 0.25) is 0 Å². The second-order valence-electron chi connectivity index (χ2n) is 5.09. The average Bonchev–Trinajstić information content (AvgIpc) is 2.48. The summed E-state index contributed by atoms with van der Waals surface area (Å²) in [6, 6.07) is 0.0894. The molecule has 1 aliphatic rings. The third-order valence-corrected chi connectivity index (χ3v) is 3.61. The molecule has 1 heterocycles. The second kappa shape index (κ2) is 6.45. The Morgan fingerprint density at radius 1 is 1.20 bits per heavy atom. The maximum Gasteiger partial charge on any atom is 0.308 e. The number of esters is 1. The molecule has 108 valence electrons. The van der Waals surface area contributed by atoms with Gasteiger partial charge in [0.25, 0.3) is 5.91 Å². The number of hydrogen-bond donors (Lipinski definition) is 1. The number of rotatable bonds is 3. The number of nitrogens with zero attached hydrogens (tertiary/aromatic N) is 2. The van der Waals surface area contributed by atoms with E-state index >= 15 is 0 Å². The van der Waals surface area contributed by atoms with E-state index in [4.69, 9.17) is 4.74 Å². The van der Waals surface area contributed by atoms with Gasteiger partial charge >= 0.3 is 5.97 Å². The molecule has 6 heteroatoms. The monoisotopic (exact) mass is 277 g/mol. The number of aromatic nitrogens is 2. The lowest BCUT2D eigenvalue weighted by atomic mass is 9.86. The van der Waals surface area contributed by atoms with Crippen LogP contribution in [-0.4, -0.2) is 35.0 Å². The summed E-state index contributed by atoms with van der Waals surface area (Å²) in [6.45, 7) is 1.82. The Labute approximate surface area is 118 Å². The van der Waals surface area contributed by atoms with Gasteiger partial charge < -0.3 is 10.1 Å². The number of carbonyl (C=O) groups is 2. The Morgan fingerprint density at radius 3 is 2.45 bits per heavy atom. The number of methoxy groups -OCH3 is 1. The summed E-state index contributed by atoms with van der Waals surface area (Å²) in [5.41, 5.74) is 1.10. The van der Waals surface area contributed by atoms with Crippen LogP contribution in [0.15, 0.2) is 12.4 Å². The molecule has 0 saturated heterocycles. The zero-order valence-corrected chi connectivity index (χ0v) is 11.8. The predicted octanol–water partition coefficient (Wildman–Crippen LogP) is 1.25. The van der Waals surface area contributed by atoms with Crippen molar-refractivity contribution in [2.75, 3.05) is 7.11 Å². The summed E-state index contributed by atoms with van der Waals surface area (Å²) >= 11 is 0. The molecule has 6 nitrogen and oxygen atoms in total. The maximum atomic E-state index is 12.0. The van der Waals surface area contributed by atoms with Crippen LogP contribution in [0.5, 0.6) is 0 Å². The molecular weight excluding hydrogens is 258 g/mol. The molecule has 1 amide bonds.